The molecule has 98 valence electrons. The standard InChI is InChI=1S/C14H19NO3/c1-10-7-15-8-14(18-9-10)11-2-3-12-13(6-11)17-5-4-16-12/h2-3,6,10,14-15H,4-5,7-9H2,1H3. The predicted molar refractivity (Wildman–Crippen MR) is 68.2 cm³/mol. The molecule has 1 aromatic carbocycles. The molecule has 0 spiro atoms. The van der Waals surface area contributed by atoms with Crippen molar-refractivity contribution in [3.05, 3.63) is 23.8 Å². The third-order valence-electron chi connectivity index (χ3n) is 3.34. The molecule has 0 amide bonds. The SMILES string of the molecule is CC1CNCC(c2ccc3c(c2)OCCO3)OC1. The van der Waals surface area contributed by atoms with Gasteiger partial charge in [-0.05, 0) is 23.6 Å². The first-order valence-electron chi connectivity index (χ1n) is 6.55. The molecule has 2 unspecified atom stereocenters. The number of rotatable bonds is 1. The number of benzene rings is 1. The molecule has 3 rings (SSSR count). The Morgan fingerprint density at radius 2 is 1.94 bits per heavy atom. The largest absolute Gasteiger partial charge is 0.486 e. The summed E-state index contributed by atoms with van der Waals surface area (Å²) >= 11 is 0. The number of ether oxygens (including phenoxy) is 3. The molecular weight excluding hydrogens is 230 g/mol. The Balaban J connectivity index is 1.79. The normalized spacial score (nSPS) is 27.6. The highest BCUT2D eigenvalue weighted by Crippen LogP contribution is 2.33. The smallest absolute Gasteiger partial charge is 0.161 e. The molecule has 4 nitrogen and oxygen atoms in total. The van der Waals surface area contributed by atoms with Gasteiger partial charge in [0.2, 0.25) is 0 Å². The summed E-state index contributed by atoms with van der Waals surface area (Å²) in [6, 6.07) is 6.08. The van der Waals surface area contributed by atoms with Crippen molar-refractivity contribution in [1.29, 1.82) is 0 Å². The summed E-state index contributed by atoms with van der Waals surface area (Å²) < 4.78 is 17.1. The Labute approximate surface area is 107 Å². The Morgan fingerprint density at radius 3 is 2.83 bits per heavy atom. The van der Waals surface area contributed by atoms with Crippen LogP contribution in [-0.4, -0.2) is 32.9 Å². The Bertz CT molecular complexity index is 422. The van der Waals surface area contributed by atoms with E-state index in [-0.39, 0.29) is 6.10 Å². The van der Waals surface area contributed by atoms with Crippen LogP contribution < -0.4 is 14.8 Å². The lowest BCUT2D eigenvalue weighted by molar-refractivity contribution is 0.0511. The lowest BCUT2D eigenvalue weighted by atomic mass is 10.1. The van der Waals surface area contributed by atoms with Crippen molar-refractivity contribution in [2.45, 2.75) is 13.0 Å². The van der Waals surface area contributed by atoms with E-state index >= 15 is 0 Å². The molecule has 1 N–H and O–H groups in total. The lowest BCUT2D eigenvalue weighted by Crippen LogP contribution is -2.22. The summed E-state index contributed by atoms with van der Waals surface area (Å²) in [5.74, 6) is 2.23. The molecule has 2 aliphatic heterocycles. The second-order valence-corrected chi connectivity index (χ2v) is 4.99. The summed E-state index contributed by atoms with van der Waals surface area (Å²) in [5.41, 5.74) is 1.15. The minimum absolute atomic E-state index is 0.103. The van der Waals surface area contributed by atoms with Gasteiger partial charge in [0.15, 0.2) is 11.5 Å². The molecule has 0 radical (unpaired) electrons. The lowest BCUT2D eigenvalue weighted by Gasteiger charge is -2.21. The maximum atomic E-state index is 5.93. The third-order valence-corrected chi connectivity index (χ3v) is 3.34. The molecule has 0 aliphatic carbocycles. The van der Waals surface area contributed by atoms with Gasteiger partial charge in [-0.3, -0.25) is 0 Å². The highest BCUT2D eigenvalue weighted by molar-refractivity contribution is 5.44. The van der Waals surface area contributed by atoms with Crippen LogP contribution in [0.2, 0.25) is 0 Å². The fourth-order valence-electron chi connectivity index (χ4n) is 2.33. The van der Waals surface area contributed by atoms with E-state index in [1.165, 1.54) is 0 Å². The maximum Gasteiger partial charge on any atom is 0.161 e. The Kier molecular flexibility index (Phi) is 3.39. The molecule has 4 heteroatoms. The molecule has 2 atom stereocenters. The van der Waals surface area contributed by atoms with Gasteiger partial charge in [0.05, 0.1) is 12.7 Å². The van der Waals surface area contributed by atoms with Gasteiger partial charge < -0.3 is 19.5 Å². The molecule has 2 aliphatic rings. The zero-order valence-corrected chi connectivity index (χ0v) is 10.6. The van der Waals surface area contributed by atoms with Gasteiger partial charge in [-0.1, -0.05) is 13.0 Å². The van der Waals surface area contributed by atoms with Crippen molar-refractivity contribution in [2.75, 3.05) is 32.9 Å². The maximum absolute atomic E-state index is 5.93. The monoisotopic (exact) mass is 249 g/mol. The highest BCUT2D eigenvalue weighted by atomic mass is 16.6. The van der Waals surface area contributed by atoms with Crippen LogP contribution in [0.1, 0.15) is 18.6 Å². The number of hydrogen-bond acceptors (Lipinski definition) is 4. The average Bonchev–Trinajstić information content (AvgIpc) is 2.63. The van der Waals surface area contributed by atoms with Crippen LogP contribution in [0.5, 0.6) is 11.5 Å². The summed E-state index contributed by atoms with van der Waals surface area (Å²) in [6.07, 6.45) is 0.103. The van der Waals surface area contributed by atoms with Crippen molar-refractivity contribution in [2.24, 2.45) is 5.92 Å². The molecule has 18 heavy (non-hydrogen) atoms. The zero-order valence-electron chi connectivity index (χ0n) is 10.6. The summed E-state index contributed by atoms with van der Waals surface area (Å²) in [4.78, 5) is 0. The van der Waals surface area contributed by atoms with Crippen LogP contribution in [0.4, 0.5) is 0 Å². The third kappa shape index (κ3) is 2.44. The molecular formula is C14H19NO3. The number of nitrogens with one attached hydrogen (secondary N) is 1. The molecule has 1 saturated heterocycles. The fourth-order valence-corrected chi connectivity index (χ4v) is 2.33. The molecule has 1 aromatic rings. The van der Waals surface area contributed by atoms with E-state index in [1.54, 1.807) is 0 Å². The number of hydrogen-bond donors (Lipinski definition) is 1. The predicted octanol–water partition coefficient (Wildman–Crippen LogP) is 1.75. The van der Waals surface area contributed by atoms with E-state index in [0.717, 1.165) is 36.8 Å². The van der Waals surface area contributed by atoms with E-state index in [2.05, 4.69) is 18.3 Å². The van der Waals surface area contributed by atoms with Gasteiger partial charge >= 0.3 is 0 Å². The van der Waals surface area contributed by atoms with Crippen molar-refractivity contribution in [1.82, 2.24) is 5.32 Å². The van der Waals surface area contributed by atoms with Crippen LogP contribution in [0, 0.1) is 5.92 Å². The first-order chi connectivity index (χ1) is 8.83. The van der Waals surface area contributed by atoms with Gasteiger partial charge in [0.1, 0.15) is 13.2 Å². The molecule has 2 heterocycles. The second-order valence-electron chi connectivity index (χ2n) is 4.99. The van der Waals surface area contributed by atoms with Crippen LogP contribution in [0.25, 0.3) is 0 Å². The van der Waals surface area contributed by atoms with Crippen LogP contribution >= 0.6 is 0 Å². The number of fused-ring (bicyclic) bond motifs is 1. The van der Waals surface area contributed by atoms with E-state index in [4.69, 9.17) is 14.2 Å². The highest BCUT2D eigenvalue weighted by Gasteiger charge is 2.20. The average molecular weight is 249 g/mol. The van der Waals surface area contributed by atoms with Gasteiger partial charge in [-0.15, -0.1) is 0 Å². The Morgan fingerprint density at radius 1 is 1.11 bits per heavy atom. The van der Waals surface area contributed by atoms with Gasteiger partial charge in [0, 0.05) is 13.1 Å². The molecule has 0 aromatic heterocycles. The second kappa shape index (κ2) is 5.16. The Hall–Kier alpha value is -1.26. The van der Waals surface area contributed by atoms with Crippen molar-refractivity contribution >= 4 is 0 Å². The summed E-state index contributed by atoms with van der Waals surface area (Å²) in [7, 11) is 0. The zero-order chi connectivity index (χ0) is 12.4. The summed E-state index contributed by atoms with van der Waals surface area (Å²) in [5, 5.41) is 3.43. The van der Waals surface area contributed by atoms with Crippen LogP contribution in [-0.2, 0) is 4.74 Å². The minimum Gasteiger partial charge on any atom is -0.486 e. The fraction of sp³-hybridized carbons (Fsp3) is 0.571. The van der Waals surface area contributed by atoms with Crippen molar-refractivity contribution in [3.63, 3.8) is 0 Å². The van der Waals surface area contributed by atoms with Crippen LogP contribution in [0.3, 0.4) is 0 Å². The van der Waals surface area contributed by atoms with E-state index in [0.29, 0.717) is 19.1 Å². The van der Waals surface area contributed by atoms with Crippen molar-refractivity contribution < 1.29 is 14.2 Å². The topological polar surface area (TPSA) is 39.7 Å². The first-order valence-corrected chi connectivity index (χ1v) is 6.55. The molecule has 1 fully saturated rings. The quantitative estimate of drug-likeness (QED) is 0.823. The van der Waals surface area contributed by atoms with E-state index in [9.17, 15) is 0 Å². The first kappa shape index (κ1) is 11.8. The van der Waals surface area contributed by atoms with Gasteiger partial charge in [-0.2, -0.15) is 0 Å². The van der Waals surface area contributed by atoms with Gasteiger partial charge in [0.25, 0.3) is 0 Å². The molecule has 0 bridgehead atoms. The van der Waals surface area contributed by atoms with Crippen molar-refractivity contribution in [3.8, 4) is 11.5 Å². The molecule has 0 saturated carbocycles. The van der Waals surface area contributed by atoms with Gasteiger partial charge in [-0.25, -0.2) is 0 Å². The summed E-state index contributed by atoms with van der Waals surface area (Å²) in [6.45, 7) is 6.11. The minimum atomic E-state index is 0.103. The van der Waals surface area contributed by atoms with E-state index in [1.807, 2.05) is 12.1 Å². The van der Waals surface area contributed by atoms with Crippen LogP contribution in [0.15, 0.2) is 18.2 Å². The van der Waals surface area contributed by atoms with E-state index < -0.39 is 0 Å².